The molecule has 0 saturated heterocycles. The van der Waals surface area contributed by atoms with Crippen molar-refractivity contribution in [3.05, 3.63) is 41.9 Å². The van der Waals surface area contributed by atoms with E-state index in [1.165, 1.54) is 12.7 Å². The van der Waals surface area contributed by atoms with Gasteiger partial charge in [-0.2, -0.15) is 0 Å². The number of imidazole rings is 1. The van der Waals surface area contributed by atoms with Crippen LogP contribution in [0.5, 0.6) is 0 Å². The molecule has 4 heteroatoms. The average molecular weight is 216 g/mol. The largest absolute Gasteiger partial charge is 0.463 e. The van der Waals surface area contributed by atoms with E-state index in [0.29, 0.717) is 0 Å². The molecule has 1 heterocycles. The second-order valence-electron chi connectivity index (χ2n) is 3.50. The van der Waals surface area contributed by atoms with Gasteiger partial charge < -0.3 is 9.72 Å². The molecule has 0 aliphatic rings. The molecule has 1 N–H and O–H groups in total. The normalized spacial score (nSPS) is 10.1. The van der Waals surface area contributed by atoms with E-state index >= 15 is 0 Å². The van der Waals surface area contributed by atoms with Crippen LogP contribution in [0.15, 0.2) is 30.5 Å². The number of methoxy groups -OCH3 is 1. The van der Waals surface area contributed by atoms with Crippen LogP contribution in [0.2, 0.25) is 0 Å². The number of carbonyl (C=O) groups is 1. The van der Waals surface area contributed by atoms with Crippen LogP contribution in [-0.4, -0.2) is 23.0 Å². The van der Waals surface area contributed by atoms with Gasteiger partial charge in [0.05, 0.1) is 19.0 Å². The molecule has 0 fully saturated rings. The van der Waals surface area contributed by atoms with Crippen molar-refractivity contribution in [1.29, 1.82) is 0 Å². The fraction of sp³-hybridized carbons (Fsp3) is 0.167. The number of aromatic nitrogens is 2. The third-order valence-electron chi connectivity index (χ3n) is 2.32. The second-order valence-corrected chi connectivity index (χ2v) is 3.50. The number of aromatic amines is 1. The zero-order chi connectivity index (χ0) is 11.5. The predicted molar refractivity (Wildman–Crippen MR) is 60.1 cm³/mol. The molecule has 2 aromatic rings. The van der Waals surface area contributed by atoms with Crippen molar-refractivity contribution in [3.63, 3.8) is 0 Å². The Hall–Kier alpha value is -2.10. The number of carbonyl (C=O) groups excluding carboxylic acids is 1. The minimum Gasteiger partial charge on any atom is -0.463 e. The van der Waals surface area contributed by atoms with E-state index in [2.05, 4.69) is 14.7 Å². The van der Waals surface area contributed by atoms with Crippen LogP contribution in [0.3, 0.4) is 0 Å². The third kappa shape index (κ3) is 1.95. The molecule has 2 rings (SSSR count). The summed E-state index contributed by atoms with van der Waals surface area (Å²) in [7, 11) is 1.33. The molecule has 0 atom stereocenters. The first-order valence-electron chi connectivity index (χ1n) is 4.91. The highest BCUT2D eigenvalue weighted by molar-refractivity contribution is 5.86. The van der Waals surface area contributed by atoms with Gasteiger partial charge in [0, 0.05) is 0 Å². The Morgan fingerprint density at radius 3 is 2.62 bits per heavy atom. The van der Waals surface area contributed by atoms with Gasteiger partial charge >= 0.3 is 5.97 Å². The molecule has 16 heavy (non-hydrogen) atoms. The van der Waals surface area contributed by atoms with Gasteiger partial charge in [-0.3, -0.25) is 0 Å². The number of ether oxygens (including phenoxy) is 1. The Balaban J connectivity index is 2.31. The van der Waals surface area contributed by atoms with E-state index in [4.69, 9.17) is 0 Å². The lowest BCUT2D eigenvalue weighted by atomic mass is 10.1. The highest BCUT2D eigenvalue weighted by Crippen LogP contribution is 2.17. The number of benzene rings is 1. The summed E-state index contributed by atoms with van der Waals surface area (Å²) in [6, 6.07) is 7.97. The molecule has 0 amide bonds. The highest BCUT2D eigenvalue weighted by atomic mass is 16.5. The van der Waals surface area contributed by atoms with Gasteiger partial charge in [-0.1, -0.05) is 29.8 Å². The fourth-order valence-electron chi connectivity index (χ4n) is 1.40. The summed E-state index contributed by atoms with van der Waals surface area (Å²) >= 11 is 0. The number of nitrogens with one attached hydrogen (secondary N) is 1. The van der Waals surface area contributed by atoms with Gasteiger partial charge in [-0.05, 0) is 12.5 Å². The van der Waals surface area contributed by atoms with E-state index < -0.39 is 5.97 Å². The van der Waals surface area contributed by atoms with Crippen molar-refractivity contribution in [1.82, 2.24) is 9.97 Å². The lowest BCUT2D eigenvalue weighted by molar-refractivity contribution is 0.0588. The minimum absolute atomic E-state index is 0.220. The summed E-state index contributed by atoms with van der Waals surface area (Å²) in [4.78, 5) is 18.1. The molecule has 0 spiro atoms. The van der Waals surface area contributed by atoms with Crippen LogP contribution in [0, 0.1) is 6.92 Å². The summed E-state index contributed by atoms with van der Waals surface area (Å²) in [6.45, 7) is 2.02. The maximum Gasteiger partial charge on any atom is 0.374 e. The summed E-state index contributed by atoms with van der Waals surface area (Å²) in [5.41, 5.74) is 2.99. The van der Waals surface area contributed by atoms with Gasteiger partial charge in [-0.25, -0.2) is 9.78 Å². The lowest BCUT2D eigenvalue weighted by Crippen LogP contribution is -2.03. The molecule has 0 unspecified atom stereocenters. The topological polar surface area (TPSA) is 55.0 Å². The van der Waals surface area contributed by atoms with E-state index in [-0.39, 0.29) is 5.82 Å². The van der Waals surface area contributed by atoms with Crippen molar-refractivity contribution in [2.75, 3.05) is 7.11 Å². The van der Waals surface area contributed by atoms with E-state index in [1.807, 2.05) is 31.2 Å². The van der Waals surface area contributed by atoms with Crippen molar-refractivity contribution in [2.24, 2.45) is 0 Å². The van der Waals surface area contributed by atoms with Gasteiger partial charge in [0.25, 0.3) is 0 Å². The van der Waals surface area contributed by atoms with E-state index in [9.17, 15) is 4.79 Å². The highest BCUT2D eigenvalue weighted by Gasteiger charge is 2.10. The number of hydrogen-bond donors (Lipinski definition) is 1. The molecule has 0 radical (unpaired) electrons. The lowest BCUT2D eigenvalue weighted by Gasteiger charge is -1.97. The van der Waals surface area contributed by atoms with E-state index in [0.717, 1.165) is 11.3 Å². The zero-order valence-electron chi connectivity index (χ0n) is 9.15. The number of H-pyrrole nitrogens is 1. The first-order valence-corrected chi connectivity index (χ1v) is 4.91. The molecule has 1 aromatic carbocycles. The summed E-state index contributed by atoms with van der Waals surface area (Å²) < 4.78 is 4.57. The Bertz CT molecular complexity index is 500. The van der Waals surface area contributed by atoms with Crippen molar-refractivity contribution >= 4 is 5.97 Å². The predicted octanol–water partition coefficient (Wildman–Crippen LogP) is 2.17. The van der Waals surface area contributed by atoms with Crippen LogP contribution < -0.4 is 0 Å². The Morgan fingerprint density at radius 2 is 2.00 bits per heavy atom. The monoisotopic (exact) mass is 216 g/mol. The summed E-state index contributed by atoms with van der Waals surface area (Å²) in [5.74, 6) is -0.239. The second kappa shape index (κ2) is 4.18. The van der Waals surface area contributed by atoms with Crippen molar-refractivity contribution < 1.29 is 9.53 Å². The summed E-state index contributed by atoms with van der Waals surface area (Å²) in [6.07, 6.45) is 1.62. The molecule has 4 nitrogen and oxygen atoms in total. The van der Waals surface area contributed by atoms with Crippen LogP contribution in [0.1, 0.15) is 16.2 Å². The van der Waals surface area contributed by atoms with E-state index in [1.54, 1.807) is 6.20 Å². The minimum atomic E-state index is -0.460. The molecule has 82 valence electrons. The first-order chi connectivity index (χ1) is 7.70. The molecule has 0 aliphatic heterocycles. The summed E-state index contributed by atoms with van der Waals surface area (Å²) in [5, 5.41) is 0. The molecule has 0 saturated carbocycles. The van der Waals surface area contributed by atoms with Crippen molar-refractivity contribution in [3.8, 4) is 11.3 Å². The smallest absolute Gasteiger partial charge is 0.374 e. The van der Waals surface area contributed by atoms with Gasteiger partial charge in [0.15, 0.2) is 0 Å². The van der Waals surface area contributed by atoms with Crippen LogP contribution in [0.25, 0.3) is 11.3 Å². The molecule has 1 aromatic heterocycles. The van der Waals surface area contributed by atoms with Gasteiger partial charge in [0.2, 0.25) is 5.82 Å². The number of nitrogens with zero attached hydrogens (tertiary/aromatic N) is 1. The van der Waals surface area contributed by atoms with Crippen LogP contribution in [0.4, 0.5) is 0 Å². The van der Waals surface area contributed by atoms with Gasteiger partial charge in [0.1, 0.15) is 0 Å². The van der Waals surface area contributed by atoms with Crippen LogP contribution >= 0.6 is 0 Å². The molecule has 0 bridgehead atoms. The molecular weight excluding hydrogens is 204 g/mol. The van der Waals surface area contributed by atoms with Crippen molar-refractivity contribution in [2.45, 2.75) is 6.92 Å². The Labute approximate surface area is 93.3 Å². The molecule has 0 aliphatic carbocycles. The number of esters is 1. The number of rotatable bonds is 2. The van der Waals surface area contributed by atoms with Crippen LogP contribution in [-0.2, 0) is 4.74 Å². The molecular formula is C12H12N2O2. The fourth-order valence-corrected chi connectivity index (χ4v) is 1.40. The maximum atomic E-state index is 11.2. The standard InChI is InChI=1S/C12H12N2O2/c1-8-3-5-9(6-4-8)10-7-13-11(14-10)12(15)16-2/h3-7H,1-2H3,(H,13,14). The Kier molecular flexibility index (Phi) is 2.72. The maximum absolute atomic E-state index is 11.2. The number of hydrogen-bond acceptors (Lipinski definition) is 3. The SMILES string of the molecule is COC(=O)c1ncc(-c2ccc(C)cc2)[nH]1. The average Bonchev–Trinajstić information content (AvgIpc) is 2.78. The Morgan fingerprint density at radius 1 is 1.31 bits per heavy atom. The van der Waals surface area contributed by atoms with Gasteiger partial charge in [-0.15, -0.1) is 0 Å². The quantitative estimate of drug-likeness (QED) is 0.783. The zero-order valence-corrected chi connectivity index (χ0v) is 9.15. The number of aryl methyl sites for hydroxylation is 1. The first kappa shape index (κ1) is 10.4. The third-order valence-corrected chi connectivity index (χ3v) is 2.32.